The number of halogens is 1. The molecule has 10 heteroatoms. The first-order valence-electron chi connectivity index (χ1n) is 9.37. The number of hydrazine groups is 1. The molecule has 0 fully saturated rings. The molecule has 0 saturated heterocycles. The van der Waals surface area contributed by atoms with E-state index in [0.717, 1.165) is 11.1 Å². The Balaban J connectivity index is 1.65. The Hall–Kier alpha value is -3.17. The van der Waals surface area contributed by atoms with Crippen LogP contribution >= 0.6 is 23.8 Å². The van der Waals surface area contributed by atoms with E-state index in [4.69, 9.17) is 28.6 Å². The molecule has 0 unspecified atom stereocenters. The van der Waals surface area contributed by atoms with Crippen molar-refractivity contribution in [3.05, 3.63) is 58.6 Å². The van der Waals surface area contributed by atoms with Crippen molar-refractivity contribution in [1.29, 1.82) is 0 Å². The maximum Gasteiger partial charge on any atom is 0.264 e. The van der Waals surface area contributed by atoms with Gasteiger partial charge in [0.2, 0.25) is 11.8 Å². The molecule has 0 radical (unpaired) electrons. The van der Waals surface area contributed by atoms with E-state index in [9.17, 15) is 14.4 Å². The zero-order valence-electron chi connectivity index (χ0n) is 17.1. The molecule has 2 rings (SSSR count). The number of benzene rings is 2. The normalized spacial score (nSPS) is 10.0. The van der Waals surface area contributed by atoms with E-state index in [2.05, 4.69) is 21.5 Å². The number of amides is 3. The van der Waals surface area contributed by atoms with Crippen molar-refractivity contribution < 1.29 is 19.1 Å². The van der Waals surface area contributed by atoms with Crippen molar-refractivity contribution in [2.75, 3.05) is 11.9 Å². The number of para-hydroxylation sites is 1. The lowest BCUT2D eigenvalue weighted by atomic mass is 10.1. The van der Waals surface area contributed by atoms with Gasteiger partial charge in [-0.05, 0) is 55.4 Å². The van der Waals surface area contributed by atoms with Crippen LogP contribution < -0.4 is 26.2 Å². The zero-order valence-corrected chi connectivity index (χ0v) is 18.7. The molecule has 0 aromatic heterocycles. The highest BCUT2D eigenvalue weighted by Gasteiger charge is 2.11. The summed E-state index contributed by atoms with van der Waals surface area (Å²) in [6.45, 7) is 3.51. The summed E-state index contributed by atoms with van der Waals surface area (Å²) in [5.41, 5.74) is 7.40. The van der Waals surface area contributed by atoms with Crippen molar-refractivity contribution in [1.82, 2.24) is 16.2 Å². The van der Waals surface area contributed by atoms with Gasteiger partial charge >= 0.3 is 0 Å². The van der Waals surface area contributed by atoms with Gasteiger partial charge in [0, 0.05) is 18.5 Å². The number of rotatable bonds is 7. The van der Waals surface area contributed by atoms with Crippen LogP contribution in [0.2, 0.25) is 5.02 Å². The van der Waals surface area contributed by atoms with Gasteiger partial charge in [-0.1, -0.05) is 35.9 Å². The second kappa shape index (κ2) is 11.9. The number of hydrogen-bond acceptors (Lipinski definition) is 5. The Bertz CT molecular complexity index is 984. The van der Waals surface area contributed by atoms with Crippen LogP contribution in [0.1, 0.15) is 24.0 Å². The minimum Gasteiger partial charge on any atom is -0.482 e. The van der Waals surface area contributed by atoms with Crippen LogP contribution in [0.3, 0.4) is 0 Å². The van der Waals surface area contributed by atoms with Crippen LogP contribution in [-0.4, -0.2) is 29.4 Å². The molecule has 0 saturated carbocycles. The Morgan fingerprint density at radius 1 is 0.968 bits per heavy atom. The summed E-state index contributed by atoms with van der Waals surface area (Å²) in [6.07, 6.45) is -0.0679. The number of carbonyl (C=O) groups is 3. The predicted octanol–water partition coefficient (Wildman–Crippen LogP) is 2.78. The van der Waals surface area contributed by atoms with E-state index in [0.29, 0.717) is 16.5 Å². The summed E-state index contributed by atoms with van der Waals surface area (Å²) in [6, 6.07) is 12.5. The van der Waals surface area contributed by atoms with Crippen molar-refractivity contribution in [3.63, 3.8) is 0 Å². The molecule has 164 valence electrons. The molecule has 0 aliphatic heterocycles. The monoisotopic (exact) mass is 462 g/mol. The summed E-state index contributed by atoms with van der Waals surface area (Å²) in [5, 5.41) is 5.41. The topological polar surface area (TPSA) is 109 Å². The van der Waals surface area contributed by atoms with Crippen molar-refractivity contribution >= 4 is 52.3 Å². The Kier molecular flexibility index (Phi) is 9.23. The third kappa shape index (κ3) is 8.61. The maximum atomic E-state index is 12.1. The number of nitrogens with one attached hydrogen (secondary N) is 4. The average Bonchev–Trinajstić information content (AvgIpc) is 2.73. The van der Waals surface area contributed by atoms with E-state index in [1.807, 2.05) is 32.0 Å². The van der Waals surface area contributed by atoms with Crippen LogP contribution in [-0.2, 0) is 14.4 Å². The number of ether oxygens (including phenoxy) is 1. The first-order valence-corrected chi connectivity index (χ1v) is 10.2. The minimum atomic E-state index is -0.528. The highest BCUT2D eigenvalue weighted by Crippen LogP contribution is 2.22. The quantitative estimate of drug-likeness (QED) is 0.372. The molecular weight excluding hydrogens is 440 g/mol. The Morgan fingerprint density at radius 3 is 2.42 bits per heavy atom. The summed E-state index contributed by atoms with van der Waals surface area (Å²) in [5.74, 6) is -0.901. The van der Waals surface area contributed by atoms with E-state index >= 15 is 0 Å². The molecule has 8 nitrogen and oxygen atoms in total. The van der Waals surface area contributed by atoms with Crippen molar-refractivity contribution in [2.45, 2.75) is 26.7 Å². The Labute approximate surface area is 190 Å². The number of anilines is 1. The van der Waals surface area contributed by atoms with Gasteiger partial charge in [0.25, 0.3) is 5.91 Å². The van der Waals surface area contributed by atoms with Gasteiger partial charge < -0.3 is 10.1 Å². The molecular formula is C21H23ClN4O4S. The third-order valence-electron chi connectivity index (χ3n) is 4.01. The fourth-order valence-corrected chi connectivity index (χ4v) is 2.75. The van der Waals surface area contributed by atoms with Crippen LogP contribution in [0.25, 0.3) is 0 Å². The van der Waals surface area contributed by atoms with Crippen LogP contribution in [0.15, 0.2) is 42.5 Å². The first kappa shape index (κ1) is 24.1. The number of carbonyl (C=O) groups excluding carboxylic acids is 3. The molecule has 0 bridgehead atoms. The van der Waals surface area contributed by atoms with Gasteiger partial charge in [-0.15, -0.1) is 0 Å². The third-order valence-corrected chi connectivity index (χ3v) is 4.53. The number of hydrogen-bond donors (Lipinski definition) is 4. The number of aryl methyl sites for hydroxylation is 2. The molecule has 0 atom stereocenters. The smallest absolute Gasteiger partial charge is 0.264 e. The Morgan fingerprint density at radius 2 is 1.68 bits per heavy atom. The average molecular weight is 463 g/mol. The summed E-state index contributed by atoms with van der Waals surface area (Å²) in [4.78, 5) is 35.8. The number of thiocarbonyl (C=S) groups is 1. The lowest BCUT2D eigenvalue weighted by Gasteiger charge is -2.12. The fourth-order valence-electron chi connectivity index (χ4n) is 2.40. The molecule has 0 aliphatic rings. The second-order valence-corrected chi connectivity index (χ2v) is 7.45. The fraction of sp³-hybridized carbons (Fsp3) is 0.238. The van der Waals surface area contributed by atoms with Crippen molar-refractivity contribution in [3.8, 4) is 5.75 Å². The standard InChI is InChI=1S/C21H23ClN4O4S/c1-13-7-8-14(2)16(11-13)23-18(27)9-10-19(28)25-26-21(31)24-20(29)12-30-17-6-4-3-5-15(17)22/h3-8,11H,9-10,12H2,1-2H3,(H,23,27)(H,25,28)(H2,24,26,29,31). The van der Waals surface area contributed by atoms with Gasteiger partial charge in [0.1, 0.15) is 5.75 Å². The zero-order chi connectivity index (χ0) is 22.8. The summed E-state index contributed by atoms with van der Waals surface area (Å²) in [7, 11) is 0. The van der Waals surface area contributed by atoms with Crippen LogP contribution in [0.5, 0.6) is 5.75 Å². The van der Waals surface area contributed by atoms with Crippen molar-refractivity contribution in [2.24, 2.45) is 0 Å². The van der Waals surface area contributed by atoms with Gasteiger partial charge in [-0.2, -0.15) is 0 Å². The molecule has 31 heavy (non-hydrogen) atoms. The summed E-state index contributed by atoms with van der Waals surface area (Å²) >= 11 is 10.9. The van der Waals surface area contributed by atoms with Gasteiger partial charge in [0.05, 0.1) is 5.02 Å². The van der Waals surface area contributed by atoms with E-state index in [-0.39, 0.29) is 30.5 Å². The van der Waals surface area contributed by atoms with Crippen LogP contribution in [0.4, 0.5) is 5.69 Å². The molecule has 0 heterocycles. The molecule has 2 aromatic carbocycles. The minimum absolute atomic E-state index is 0.00824. The van der Waals surface area contributed by atoms with E-state index < -0.39 is 11.8 Å². The molecule has 4 N–H and O–H groups in total. The molecule has 0 spiro atoms. The molecule has 0 aliphatic carbocycles. The second-order valence-electron chi connectivity index (χ2n) is 6.64. The highest BCUT2D eigenvalue weighted by molar-refractivity contribution is 7.80. The highest BCUT2D eigenvalue weighted by atomic mass is 35.5. The van der Waals surface area contributed by atoms with E-state index in [1.54, 1.807) is 24.3 Å². The maximum absolute atomic E-state index is 12.1. The summed E-state index contributed by atoms with van der Waals surface area (Å²) < 4.78 is 5.29. The van der Waals surface area contributed by atoms with Crippen LogP contribution in [0, 0.1) is 13.8 Å². The van der Waals surface area contributed by atoms with Gasteiger partial charge in [-0.25, -0.2) is 0 Å². The molecule has 2 aromatic rings. The SMILES string of the molecule is Cc1ccc(C)c(NC(=O)CCC(=O)NNC(=S)NC(=O)COc2ccccc2Cl)c1. The van der Waals surface area contributed by atoms with E-state index in [1.165, 1.54) is 0 Å². The lowest BCUT2D eigenvalue weighted by Crippen LogP contribution is -2.49. The predicted molar refractivity (Wildman–Crippen MR) is 123 cm³/mol. The van der Waals surface area contributed by atoms with Gasteiger partial charge in [0.15, 0.2) is 11.7 Å². The lowest BCUT2D eigenvalue weighted by molar-refractivity contribution is -0.125. The first-order chi connectivity index (χ1) is 14.7. The largest absolute Gasteiger partial charge is 0.482 e. The van der Waals surface area contributed by atoms with Gasteiger partial charge in [-0.3, -0.25) is 30.6 Å². The molecule has 3 amide bonds.